The Balaban J connectivity index is 1.82. The smallest absolute Gasteiger partial charge is 0.0443 e. The molecular formula is C17H26N2. The van der Waals surface area contributed by atoms with E-state index in [1.54, 1.807) is 0 Å². The summed E-state index contributed by atoms with van der Waals surface area (Å²) in [5, 5.41) is 3.67. The fourth-order valence-corrected chi connectivity index (χ4v) is 3.56. The van der Waals surface area contributed by atoms with E-state index in [2.05, 4.69) is 55.3 Å². The second kappa shape index (κ2) is 4.82. The van der Waals surface area contributed by atoms with Crippen LogP contribution in [-0.2, 0) is 5.41 Å². The minimum Gasteiger partial charge on any atom is -0.366 e. The molecule has 2 aliphatic rings. The van der Waals surface area contributed by atoms with Gasteiger partial charge in [-0.25, -0.2) is 0 Å². The highest BCUT2D eigenvalue weighted by Gasteiger charge is 2.34. The molecule has 1 saturated carbocycles. The second-order valence-electron chi connectivity index (χ2n) is 7.05. The molecule has 1 aromatic rings. The van der Waals surface area contributed by atoms with Crippen molar-refractivity contribution >= 4 is 5.69 Å². The first kappa shape index (κ1) is 13.0. The molecule has 3 rings (SSSR count). The fraction of sp³-hybridized carbons (Fsp3) is 0.647. The van der Waals surface area contributed by atoms with Crippen LogP contribution >= 0.6 is 0 Å². The Bertz CT molecular complexity index is 430. The van der Waals surface area contributed by atoms with Gasteiger partial charge in [-0.1, -0.05) is 32.9 Å². The second-order valence-corrected chi connectivity index (χ2v) is 7.05. The number of nitrogens with zero attached hydrogens (tertiary/aromatic N) is 1. The monoisotopic (exact) mass is 258 g/mol. The van der Waals surface area contributed by atoms with Gasteiger partial charge in [0.15, 0.2) is 0 Å². The molecule has 104 valence electrons. The summed E-state index contributed by atoms with van der Waals surface area (Å²) in [4.78, 5) is 2.63. The van der Waals surface area contributed by atoms with E-state index in [1.165, 1.54) is 30.5 Å². The van der Waals surface area contributed by atoms with Crippen LogP contribution in [0.25, 0.3) is 0 Å². The van der Waals surface area contributed by atoms with Gasteiger partial charge < -0.3 is 10.2 Å². The van der Waals surface area contributed by atoms with Crippen LogP contribution in [0.4, 0.5) is 5.69 Å². The molecule has 0 bridgehead atoms. The molecule has 1 saturated heterocycles. The maximum atomic E-state index is 3.67. The van der Waals surface area contributed by atoms with Crippen molar-refractivity contribution in [3.05, 3.63) is 29.8 Å². The van der Waals surface area contributed by atoms with Crippen LogP contribution in [0, 0.1) is 0 Å². The fourth-order valence-electron chi connectivity index (χ4n) is 3.56. The largest absolute Gasteiger partial charge is 0.366 e. The summed E-state index contributed by atoms with van der Waals surface area (Å²) in [5.74, 6) is 0. The minimum atomic E-state index is 0.248. The molecule has 1 aliphatic heterocycles. The molecule has 2 unspecified atom stereocenters. The van der Waals surface area contributed by atoms with Gasteiger partial charge in [-0.2, -0.15) is 0 Å². The molecule has 1 N–H and O–H groups in total. The van der Waals surface area contributed by atoms with E-state index >= 15 is 0 Å². The predicted molar refractivity (Wildman–Crippen MR) is 81.9 cm³/mol. The first-order valence-electron chi connectivity index (χ1n) is 7.66. The van der Waals surface area contributed by atoms with Crippen molar-refractivity contribution in [2.75, 3.05) is 18.0 Å². The van der Waals surface area contributed by atoms with Gasteiger partial charge in [0.1, 0.15) is 0 Å². The highest BCUT2D eigenvalue weighted by Crippen LogP contribution is 2.32. The molecule has 1 heterocycles. The third-order valence-electron chi connectivity index (χ3n) is 4.70. The molecule has 2 atom stereocenters. The van der Waals surface area contributed by atoms with Gasteiger partial charge in [0, 0.05) is 30.9 Å². The first-order valence-corrected chi connectivity index (χ1v) is 7.66. The summed E-state index contributed by atoms with van der Waals surface area (Å²) in [6, 6.07) is 10.7. The van der Waals surface area contributed by atoms with Gasteiger partial charge in [0.25, 0.3) is 0 Å². The zero-order valence-corrected chi connectivity index (χ0v) is 12.4. The van der Waals surface area contributed by atoms with Crippen molar-refractivity contribution in [2.45, 2.75) is 57.5 Å². The van der Waals surface area contributed by atoms with E-state index < -0.39 is 0 Å². The van der Waals surface area contributed by atoms with Gasteiger partial charge in [-0.15, -0.1) is 0 Å². The van der Waals surface area contributed by atoms with E-state index in [0.29, 0.717) is 6.04 Å². The van der Waals surface area contributed by atoms with Crippen molar-refractivity contribution in [3.63, 3.8) is 0 Å². The zero-order chi connectivity index (χ0) is 13.5. The Labute approximate surface area is 117 Å². The third kappa shape index (κ3) is 2.51. The molecule has 1 aliphatic carbocycles. The van der Waals surface area contributed by atoms with Gasteiger partial charge in [-0.3, -0.25) is 0 Å². The zero-order valence-electron chi connectivity index (χ0n) is 12.4. The Morgan fingerprint density at radius 2 is 1.84 bits per heavy atom. The maximum absolute atomic E-state index is 3.67. The van der Waals surface area contributed by atoms with Crippen LogP contribution < -0.4 is 10.2 Å². The van der Waals surface area contributed by atoms with Crippen molar-refractivity contribution in [1.29, 1.82) is 0 Å². The first-order chi connectivity index (χ1) is 9.05. The lowest BCUT2D eigenvalue weighted by Gasteiger charge is -2.40. The van der Waals surface area contributed by atoms with Crippen molar-refractivity contribution in [3.8, 4) is 0 Å². The SMILES string of the molecule is CC(C)(C)c1ccc(N2CCNC3CCCC32)cc1. The standard InChI is InChI=1S/C17H26N2/c1-17(2,3)13-7-9-14(10-8-13)19-12-11-18-15-5-4-6-16(15)19/h7-10,15-16,18H,4-6,11-12H2,1-3H3. The summed E-state index contributed by atoms with van der Waals surface area (Å²) < 4.78 is 0. The number of rotatable bonds is 1. The number of benzene rings is 1. The summed E-state index contributed by atoms with van der Waals surface area (Å²) in [6.07, 6.45) is 4.07. The van der Waals surface area contributed by atoms with E-state index in [-0.39, 0.29) is 5.41 Å². The van der Waals surface area contributed by atoms with Crippen LogP contribution in [0.15, 0.2) is 24.3 Å². The predicted octanol–water partition coefficient (Wildman–Crippen LogP) is 3.31. The summed E-state index contributed by atoms with van der Waals surface area (Å²) in [5.41, 5.74) is 3.08. The highest BCUT2D eigenvalue weighted by molar-refractivity contribution is 5.50. The molecule has 2 heteroatoms. The number of hydrogen-bond acceptors (Lipinski definition) is 2. The lowest BCUT2D eigenvalue weighted by atomic mass is 9.87. The van der Waals surface area contributed by atoms with Crippen molar-refractivity contribution in [2.24, 2.45) is 0 Å². The quantitative estimate of drug-likeness (QED) is 0.831. The number of fused-ring (bicyclic) bond motifs is 1. The Morgan fingerprint density at radius 3 is 2.53 bits per heavy atom. The van der Waals surface area contributed by atoms with Gasteiger partial charge in [0.2, 0.25) is 0 Å². The number of anilines is 1. The van der Waals surface area contributed by atoms with Gasteiger partial charge in [0.05, 0.1) is 0 Å². The minimum absolute atomic E-state index is 0.248. The Kier molecular flexibility index (Phi) is 3.30. The van der Waals surface area contributed by atoms with E-state index in [9.17, 15) is 0 Å². The molecule has 2 fully saturated rings. The van der Waals surface area contributed by atoms with E-state index in [4.69, 9.17) is 0 Å². The van der Waals surface area contributed by atoms with Crippen LogP contribution in [-0.4, -0.2) is 25.2 Å². The topological polar surface area (TPSA) is 15.3 Å². The summed E-state index contributed by atoms with van der Waals surface area (Å²) >= 11 is 0. The lowest BCUT2D eigenvalue weighted by molar-refractivity contribution is 0.404. The third-order valence-corrected chi connectivity index (χ3v) is 4.70. The van der Waals surface area contributed by atoms with Crippen molar-refractivity contribution < 1.29 is 0 Å². The molecule has 2 nitrogen and oxygen atoms in total. The van der Waals surface area contributed by atoms with Crippen LogP contribution in [0.5, 0.6) is 0 Å². The molecule has 0 radical (unpaired) electrons. The average Bonchev–Trinajstić information content (AvgIpc) is 2.86. The van der Waals surface area contributed by atoms with E-state index in [1.807, 2.05) is 0 Å². The van der Waals surface area contributed by atoms with Crippen LogP contribution in [0.1, 0.15) is 45.6 Å². The molecule has 19 heavy (non-hydrogen) atoms. The van der Waals surface area contributed by atoms with E-state index in [0.717, 1.165) is 19.1 Å². The summed E-state index contributed by atoms with van der Waals surface area (Å²) in [7, 11) is 0. The van der Waals surface area contributed by atoms with Crippen molar-refractivity contribution in [1.82, 2.24) is 5.32 Å². The van der Waals surface area contributed by atoms with Crippen LogP contribution in [0.3, 0.4) is 0 Å². The van der Waals surface area contributed by atoms with Gasteiger partial charge in [-0.05, 0) is 42.4 Å². The normalized spacial score (nSPS) is 27.4. The summed E-state index contributed by atoms with van der Waals surface area (Å²) in [6.45, 7) is 9.11. The average molecular weight is 258 g/mol. The number of nitrogens with one attached hydrogen (secondary N) is 1. The number of hydrogen-bond donors (Lipinski definition) is 1. The molecule has 0 spiro atoms. The highest BCUT2D eigenvalue weighted by atomic mass is 15.2. The number of piperazine rings is 1. The maximum Gasteiger partial charge on any atom is 0.0443 e. The molecule has 0 aromatic heterocycles. The lowest BCUT2D eigenvalue weighted by Crippen LogP contribution is -2.55. The molecule has 1 aromatic carbocycles. The Hall–Kier alpha value is -1.02. The molecule has 0 amide bonds. The molecular weight excluding hydrogens is 232 g/mol. The Morgan fingerprint density at radius 1 is 1.11 bits per heavy atom. The van der Waals surface area contributed by atoms with Crippen LogP contribution in [0.2, 0.25) is 0 Å². The van der Waals surface area contributed by atoms with Gasteiger partial charge >= 0.3 is 0 Å².